The van der Waals surface area contributed by atoms with E-state index in [1.165, 1.54) is 10.6 Å². The molecule has 0 radical (unpaired) electrons. The van der Waals surface area contributed by atoms with Crippen molar-refractivity contribution in [3.63, 3.8) is 0 Å². The largest absolute Gasteiger partial charge is 0.271 e. The van der Waals surface area contributed by atoms with Gasteiger partial charge in [-0.2, -0.15) is 0 Å². The monoisotopic (exact) mass is 242 g/mol. The maximum absolute atomic E-state index is 11.9. The number of benzene rings is 1. The zero-order valence-corrected chi connectivity index (χ0v) is 9.41. The van der Waals surface area contributed by atoms with E-state index < -0.39 is 0 Å². The maximum Gasteiger partial charge on any atom is 0.263 e. The van der Waals surface area contributed by atoms with Crippen molar-refractivity contribution in [1.29, 1.82) is 0 Å². The van der Waals surface area contributed by atoms with Gasteiger partial charge in [-0.25, -0.2) is 15.8 Å². The molecule has 1 aromatic heterocycles. The number of carbonyl (C=O) groups is 1. The summed E-state index contributed by atoms with van der Waals surface area (Å²) in [6, 6.07) is 10.7. The van der Waals surface area contributed by atoms with Crippen molar-refractivity contribution in [2.75, 3.05) is 5.01 Å². The Morgan fingerprint density at radius 3 is 2.61 bits per heavy atom. The van der Waals surface area contributed by atoms with Gasteiger partial charge in [-0.15, -0.1) is 0 Å². The summed E-state index contributed by atoms with van der Waals surface area (Å²) < 4.78 is 1.26. The number of amides is 1. The van der Waals surface area contributed by atoms with E-state index in [-0.39, 0.29) is 24.0 Å². The highest BCUT2D eigenvalue weighted by Gasteiger charge is 2.27. The normalized spacial score (nSPS) is 13.8. The number of hydrogen-bond acceptors (Lipinski definition) is 4. The summed E-state index contributed by atoms with van der Waals surface area (Å²) in [6.45, 7) is -0.0489. The lowest BCUT2D eigenvalue weighted by Gasteiger charge is -2.09. The van der Waals surface area contributed by atoms with Crippen LogP contribution in [-0.2, 0) is 11.3 Å². The van der Waals surface area contributed by atoms with Crippen LogP contribution in [0.1, 0.15) is 0 Å². The van der Waals surface area contributed by atoms with Gasteiger partial charge in [0.05, 0.1) is 5.69 Å². The molecule has 6 nitrogen and oxygen atoms in total. The van der Waals surface area contributed by atoms with E-state index >= 15 is 0 Å². The molecule has 18 heavy (non-hydrogen) atoms. The number of hydrazine groups is 1. The molecule has 2 heterocycles. The number of nitrogens with zero attached hydrogens (tertiary/aromatic N) is 3. The number of nitrogens with two attached hydrogens (primary N) is 1. The second-order valence-corrected chi connectivity index (χ2v) is 4.00. The quantitative estimate of drug-likeness (QED) is 0.569. The molecule has 2 N–H and O–H groups in total. The van der Waals surface area contributed by atoms with Crippen LogP contribution in [0.25, 0.3) is 11.3 Å². The number of fused-ring (bicyclic) bond motifs is 1. The van der Waals surface area contributed by atoms with Crippen molar-refractivity contribution < 1.29 is 4.79 Å². The van der Waals surface area contributed by atoms with Gasteiger partial charge in [0.2, 0.25) is 5.95 Å². The summed E-state index contributed by atoms with van der Waals surface area (Å²) in [5, 5.41) is 0.911. The summed E-state index contributed by atoms with van der Waals surface area (Å²) in [5.74, 6) is 5.41. The van der Waals surface area contributed by atoms with E-state index in [1.807, 2.05) is 30.3 Å². The minimum atomic E-state index is -0.343. The Hall–Kier alpha value is -2.47. The molecule has 0 saturated carbocycles. The lowest BCUT2D eigenvalue weighted by Crippen LogP contribution is -2.34. The highest BCUT2D eigenvalue weighted by atomic mass is 16.2. The molecule has 0 spiro atoms. The highest BCUT2D eigenvalue weighted by Crippen LogP contribution is 2.20. The van der Waals surface area contributed by atoms with Gasteiger partial charge in [-0.3, -0.25) is 14.2 Å². The Kier molecular flexibility index (Phi) is 2.24. The summed E-state index contributed by atoms with van der Waals surface area (Å²) in [5.41, 5.74) is 1.04. The maximum atomic E-state index is 11.9. The fourth-order valence-corrected chi connectivity index (χ4v) is 1.91. The Labute approximate surface area is 102 Å². The van der Waals surface area contributed by atoms with Crippen LogP contribution in [0.15, 0.2) is 41.2 Å². The van der Waals surface area contributed by atoms with Crippen LogP contribution in [0, 0.1) is 0 Å². The SMILES string of the molecule is NN1C(=O)Cn2c1nc(-c1ccccc1)cc2=O. The van der Waals surface area contributed by atoms with E-state index in [0.29, 0.717) is 5.69 Å². The van der Waals surface area contributed by atoms with Crippen molar-refractivity contribution in [3.8, 4) is 11.3 Å². The third-order valence-electron chi connectivity index (χ3n) is 2.84. The first-order valence-electron chi connectivity index (χ1n) is 5.42. The zero-order valence-electron chi connectivity index (χ0n) is 9.41. The molecule has 0 fully saturated rings. The molecule has 0 unspecified atom stereocenters. The van der Waals surface area contributed by atoms with Crippen molar-refractivity contribution in [1.82, 2.24) is 9.55 Å². The van der Waals surface area contributed by atoms with Gasteiger partial charge in [0.25, 0.3) is 11.5 Å². The third-order valence-corrected chi connectivity index (χ3v) is 2.84. The average Bonchev–Trinajstić information content (AvgIpc) is 2.68. The summed E-state index contributed by atoms with van der Waals surface area (Å²) >= 11 is 0. The number of carbonyl (C=O) groups excluding carboxylic acids is 1. The van der Waals surface area contributed by atoms with Crippen molar-refractivity contribution in [2.45, 2.75) is 6.54 Å². The molecule has 0 aliphatic carbocycles. The molecule has 6 heteroatoms. The van der Waals surface area contributed by atoms with Crippen LogP contribution in [0.2, 0.25) is 0 Å². The lowest BCUT2D eigenvalue weighted by molar-refractivity contribution is -0.118. The molecule has 3 rings (SSSR count). The molecule has 2 aromatic rings. The molecular weight excluding hydrogens is 232 g/mol. The van der Waals surface area contributed by atoms with Gasteiger partial charge in [0, 0.05) is 11.6 Å². The van der Waals surface area contributed by atoms with E-state index in [2.05, 4.69) is 4.98 Å². The van der Waals surface area contributed by atoms with Crippen LogP contribution in [-0.4, -0.2) is 15.5 Å². The smallest absolute Gasteiger partial charge is 0.263 e. The topological polar surface area (TPSA) is 81.2 Å². The van der Waals surface area contributed by atoms with Crippen LogP contribution in [0.3, 0.4) is 0 Å². The van der Waals surface area contributed by atoms with Gasteiger partial charge in [0.1, 0.15) is 6.54 Å². The number of anilines is 1. The molecule has 0 saturated heterocycles. The van der Waals surface area contributed by atoms with Gasteiger partial charge < -0.3 is 0 Å². The molecule has 1 aliphatic heterocycles. The Morgan fingerprint density at radius 2 is 1.89 bits per heavy atom. The Bertz CT molecular complexity index is 678. The van der Waals surface area contributed by atoms with E-state index in [4.69, 9.17) is 5.84 Å². The van der Waals surface area contributed by atoms with Crippen LogP contribution in [0.5, 0.6) is 0 Å². The zero-order chi connectivity index (χ0) is 12.7. The van der Waals surface area contributed by atoms with Crippen molar-refractivity contribution >= 4 is 11.9 Å². The first-order chi connectivity index (χ1) is 8.66. The number of aromatic nitrogens is 2. The lowest BCUT2D eigenvalue weighted by atomic mass is 10.1. The summed E-state index contributed by atoms with van der Waals surface area (Å²) in [4.78, 5) is 27.6. The van der Waals surface area contributed by atoms with Gasteiger partial charge in [0.15, 0.2) is 0 Å². The van der Waals surface area contributed by atoms with E-state index in [1.54, 1.807) is 0 Å². The highest BCUT2D eigenvalue weighted by molar-refractivity contribution is 5.94. The van der Waals surface area contributed by atoms with Gasteiger partial charge in [-0.1, -0.05) is 30.3 Å². The van der Waals surface area contributed by atoms with Crippen molar-refractivity contribution in [3.05, 3.63) is 46.8 Å². The Balaban J connectivity index is 2.20. The first kappa shape index (κ1) is 10.7. The van der Waals surface area contributed by atoms with Crippen molar-refractivity contribution in [2.24, 2.45) is 5.84 Å². The fourth-order valence-electron chi connectivity index (χ4n) is 1.91. The number of hydrogen-bond donors (Lipinski definition) is 1. The molecule has 1 aromatic carbocycles. The average molecular weight is 242 g/mol. The summed E-state index contributed by atoms with van der Waals surface area (Å²) in [6.07, 6.45) is 0. The first-order valence-corrected chi connectivity index (χ1v) is 5.42. The predicted molar refractivity (Wildman–Crippen MR) is 65.6 cm³/mol. The van der Waals surface area contributed by atoms with Gasteiger partial charge >= 0.3 is 0 Å². The molecule has 1 aliphatic rings. The fraction of sp³-hybridized carbons (Fsp3) is 0.0833. The summed E-state index contributed by atoms with van der Waals surface area (Å²) in [7, 11) is 0. The van der Waals surface area contributed by atoms with Crippen LogP contribution in [0.4, 0.5) is 5.95 Å². The van der Waals surface area contributed by atoms with Crippen LogP contribution < -0.4 is 16.4 Å². The minimum Gasteiger partial charge on any atom is -0.271 e. The second-order valence-electron chi connectivity index (χ2n) is 4.00. The molecular formula is C12H10N4O2. The van der Waals surface area contributed by atoms with E-state index in [0.717, 1.165) is 10.6 Å². The van der Waals surface area contributed by atoms with E-state index in [9.17, 15) is 9.59 Å². The molecule has 0 bridgehead atoms. The minimum absolute atomic E-state index is 0.0489. The second kappa shape index (κ2) is 3.78. The molecule has 0 atom stereocenters. The Morgan fingerprint density at radius 1 is 1.17 bits per heavy atom. The van der Waals surface area contributed by atoms with Crippen LogP contribution >= 0.6 is 0 Å². The molecule has 90 valence electrons. The van der Waals surface area contributed by atoms with Gasteiger partial charge in [-0.05, 0) is 0 Å². The third kappa shape index (κ3) is 1.51. The number of rotatable bonds is 1. The standard InChI is InChI=1S/C12H10N4O2/c13-16-11(18)7-15-10(17)6-9(14-12(15)16)8-4-2-1-3-5-8/h1-6H,7,13H2. The predicted octanol–water partition coefficient (Wildman–Crippen LogP) is 0.131. The molecule has 1 amide bonds.